The van der Waals surface area contributed by atoms with Gasteiger partial charge in [0.05, 0.1) is 62.7 Å². The molecule has 9 N–H and O–H groups in total. The highest BCUT2D eigenvalue weighted by Gasteiger charge is 2.26. The minimum Gasteiger partial charge on any atom is -1.00 e. The number of para-hydroxylation sites is 5. The van der Waals surface area contributed by atoms with E-state index in [1.165, 1.54) is 64.7 Å². The number of hydrogen-bond acceptors (Lipinski definition) is 12. The molecule has 0 bridgehead atoms. The molecule has 0 fully saturated rings. The number of carbonyl (C=O) groups excluding carboxylic acids is 3. The minimum absolute atomic E-state index is 0. The first-order valence-electron chi connectivity index (χ1n) is 28.4. The number of aromatic hydroxyl groups is 2. The van der Waals surface area contributed by atoms with E-state index in [4.69, 9.17) is 19.7 Å². The van der Waals surface area contributed by atoms with Gasteiger partial charge in [0.2, 0.25) is 0 Å². The Morgan fingerprint density at radius 1 is 0.735 bits per heavy atom. The molecule has 3 atom stereocenters. The Kier molecular flexibility index (Phi) is 26.6. The Labute approximate surface area is 501 Å². The molecular weight excluding hydrogens is 1100 g/mol. The summed E-state index contributed by atoms with van der Waals surface area (Å²) in [6.07, 6.45) is 12.3. The lowest BCUT2D eigenvalue weighted by Crippen LogP contribution is -3.00. The fourth-order valence-electron chi connectivity index (χ4n) is 8.54. The number of aromatic nitrogens is 8. The average molecular weight is 1180 g/mol. The van der Waals surface area contributed by atoms with Crippen molar-refractivity contribution in [2.24, 2.45) is 14.1 Å². The number of imidazole rings is 3. The van der Waals surface area contributed by atoms with Crippen LogP contribution in [0, 0.1) is 0 Å². The van der Waals surface area contributed by atoms with Gasteiger partial charge in [0.25, 0.3) is 0 Å². The van der Waals surface area contributed by atoms with Crippen LogP contribution in [-0.4, -0.2) is 124 Å². The van der Waals surface area contributed by atoms with Crippen LogP contribution in [0.15, 0.2) is 171 Å². The number of carbonyl (C=O) groups is 3. The Balaban J connectivity index is 0.000000300. The number of alkyl halides is 1. The van der Waals surface area contributed by atoms with Crippen LogP contribution in [0.2, 0.25) is 1.41 Å². The monoisotopic (exact) mass is 1180 g/mol. The third kappa shape index (κ3) is 19.7. The summed E-state index contributed by atoms with van der Waals surface area (Å²) in [7, 11) is 7.87. The molecule has 0 spiro atoms. The molecule has 10 rings (SSSR count). The number of ether oxygens (including phenoxy) is 3. The quantitative estimate of drug-likeness (QED) is 0.0417. The number of aromatic amines is 3. The predicted molar refractivity (Wildman–Crippen MR) is 324 cm³/mol. The van der Waals surface area contributed by atoms with Gasteiger partial charge in [-0.1, -0.05) is 101 Å². The largest absolute Gasteiger partial charge is 1.00 e. The number of nitrogens with zero attached hydrogens (tertiary/aromatic N) is 6. The second kappa shape index (κ2) is 35.8. The van der Waals surface area contributed by atoms with Gasteiger partial charge in [0.15, 0.2) is 7.45 Å². The number of nitrogens with one attached hydrogen (secondary N) is 4. The fraction of sp³-hybridized carbons (Fsp3) is 0.258. The summed E-state index contributed by atoms with van der Waals surface area (Å²) in [5, 5.41) is 23.7. The molecule has 0 radical (unpaired) electrons. The Bertz CT molecular complexity index is 3590. The van der Waals surface area contributed by atoms with Gasteiger partial charge in [-0.25, -0.2) is 29.3 Å². The van der Waals surface area contributed by atoms with Crippen LogP contribution in [0.4, 0.5) is 4.79 Å². The molecule has 442 valence electrons. The lowest BCUT2D eigenvalue weighted by atomic mass is 10.1. The topological polar surface area (TPSA) is 258 Å². The van der Waals surface area contributed by atoms with Crippen molar-refractivity contribution in [1.82, 2.24) is 49.2 Å². The first-order valence-corrected chi connectivity index (χ1v) is 26.3. The zero-order valence-corrected chi connectivity index (χ0v) is 49.4. The van der Waals surface area contributed by atoms with Crippen molar-refractivity contribution in [2.75, 3.05) is 40.2 Å². The molecule has 1 amide bonds. The van der Waals surface area contributed by atoms with E-state index in [0.717, 1.165) is 38.3 Å². The molecule has 5 aromatic heterocycles. The molecule has 19 nitrogen and oxygen atoms in total. The minimum atomic E-state index is -1.19. The van der Waals surface area contributed by atoms with Gasteiger partial charge < -0.3 is 76.9 Å². The summed E-state index contributed by atoms with van der Waals surface area (Å²) in [5.74, 6) is -0.0225. The van der Waals surface area contributed by atoms with Crippen molar-refractivity contribution in [2.45, 2.75) is 53.1 Å². The van der Waals surface area contributed by atoms with Crippen molar-refractivity contribution >= 4 is 51.4 Å². The summed E-state index contributed by atoms with van der Waals surface area (Å²) < 4.78 is 44.2. The van der Waals surface area contributed by atoms with E-state index < -0.39 is 24.4 Å². The molecular formula is C62H77Cl2N11O8. The maximum Gasteiger partial charge on any atom is 0.413 e. The normalized spacial score (nSPS) is 11.8. The number of benzene rings is 5. The number of phenols is 2. The zero-order chi connectivity index (χ0) is 63.1. The average Bonchev–Trinajstić information content (AvgIpc) is 2.75. The Morgan fingerprint density at radius 2 is 1.19 bits per heavy atom. The number of H-pyrrole nitrogens is 3. The summed E-state index contributed by atoms with van der Waals surface area (Å²) in [6, 6.07) is 35.9. The highest BCUT2D eigenvalue weighted by molar-refractivity contribution is 6.15. The van der Waals surface area contributed by atoms with Crippen LogP contribution in [0.5, 0.6) is 17.2 Å². The lowest BCUT2D eigenvalue weighted by molar-refractivity contribution is -0.407. The summed E-state index contributed by atoms with van der Waals surface area (Å²) in [4.78, 5) is 57.6. The van der Waals surface area contributed by atoms with Gasteiger partial charge in [-0.2, -0.15) is 0 Å². The predicted octanol–water partition coefficient (Wildman–Crippen LogP) is 7.35. The van der Waals surface area contributed by atoms with Crippen molar-refractivity contribution in [3.8, 4) is 51.0 Å². The summed E-state index contributed by atoms with van der Waals surface area (Å²) >= 11 is 4.61. The van der Waals surface area contributed by atoms with Crippen LogP contribution < -0.4 is 28.2 Å². The van der Waals surface area contributed by atoms with E-state index in [0.29, 0.717) is 34.7 Å². The summed E-state index contributed by atoms with van der Waals surface area (Å²) in [6.45, 7) is 10.1. The van der Waals surface area contributed by atoms with E-state index >= 15 is 0 Å². The molecule has 10 aromatic rings. The number of fused-ring (bicyclic) bond motifs is 2. The molecule has 21 heteroatoms. The lowest BCUT2D eigenvalue weighted by Gasteiger charge is -2.17. The van der Waals surface area contributed by atoms with E-state index in [-0.39, 0.29) is 42.3 Å². The van der Waals surface area contributed by atoms with E-state index in [9.17, 15) is 24.6 Å². The van der Waals surface area contributed by atoms with Gasteiger partial charge in [-0.05, 0) is 79.3 Å². The highest BCUT2D eigenvalue weighted by Crippen LogP contribution is 2.30. The third-order valence-electron chi connectivity index (χ3n) is 12.7. The van der Waals surface area contributed by atoms with E-state index in [2.05, 4.69) is 89.9 Å². The Morgan fingerprint density at radius 3 is 1.65 bits per heavy atom. The molecule has 83 heavy (non-hydrogen) atoms. The smallest absolute Gasteiger partial charge is 0.413 e. The first-order chi connectivity index (χ1) is 41.4. The van der Waals surface area contributed by atoms with Gasteiger partial charge in [0, 0.05) is 94.5 Å². The SMILES string of the molecule is CCN(CC)CC.COC(=O)[C@@H](Cc1cn(C)c2ccccc12)NC(=O)Oc1ccccc1-c1cnc[nH]1.COC(=O)[C@H]([NH3+])Cc1cn(C)c2ccccc12.Oc1ccccc1-c1cnc[nH]1.[2H]C.[2H]C([3H])Cl.[3H]n1cnc(-c2ccccc2O)c1.[Cl-]. The van der Waals surface area contributed by atoms with Gasteiger partial charge >= 0.3 is 18.0 Å². The van der Waals surface area contributed by atoms with Crippen LogP contribution in [0.3, 0.4) is 0 Å². The number of halogens is 2. The molecule has 5 heterocycles. The molecule has 0 aliphatic heterocycles. The third-order valence-corrected chi connectivity index (χ3v) is 12.7. The summed E-state index contributed by atoms with van der Waals surface area (Å²) in [5.41, 5.74) is 12.3. The Hall–Kier alpha value is -8.88. The van der Waals surface area contributed by atoms with Gasteiger partial charge in [0.1, 0.15) is 23.3 Å². The molecule has 0 aliphatic rings. The highest BCUT2D eigenvalue weighted by atomic mass is 35.5. The van der Waals surface area contributed by atoms with Gasteiger partial charge in [-0.3, -0.25) is 0 Å². The molecule has 5 aromatic carbocycles. The molecule has 1 unspecified atom stereocenters. The second-order valence-electron chi connectivity index (χ2n) is 17.8. The van der Waals surface area contributed by atoms with Crippen LogP contribution in [-0.2, 0) is 46.0 Å². The van der Waals surface area contributed by atoms with Crippen LogP contribution >= 0.6 is 11.6 Å². The maximum absolute atomic E-state index is 12.7. The first kappa shape index (κ1) is 61.7. The molecule has 0 aliphatic carbocycles. The van der Waals surface area contributed by atoms with E-state index in [1.807, 2.05) is 97.8 Å². The fourth-order valence-corrected chi connectivity index (χ4v) is 8.54. The number of phenolic OH excluding ortho intramolecular Hbond substituents is 2. The number of aryl methyl sites for hydroxylation is 2. The van der Waals surface area contributed by atoms with Crippen LogP contribution in [0.1, 0.15) is 43.4 Å². The molecule has 0 saturated carbocycles. The second-order valence-corrected chi connectivity index (χ2v) is 17.8. The number of rotatable bonds is 14. The number of esters is 2. The van der Waals surface area contributed by atoms with Crippen molar-refractivity contribution in [1.29, 1.82) is 0 Å². The maximum atomic E-state index is 12.7. The van der Waals surface area contributed by atoms with Gasteiger partial charge in [-0.15, -0.1) is 11.6 Å². The van der Waals surface area contributed by atoms with Crippen LogP contribution in [0.25, 0.3) is 55.6 Å². The van der Waals surface area contributed by atoms with Crippen molar-refractivity contribution in [3.05, 3.63) is 182 Å². The number of hydrogen-bond donors (Lipinski definition) is 7. The van der Waals surface area contributed by atoms with Crippen molar-refractivity contribution in [3.63, 3.8) is 0 Å². The molecule has 0 saturated heterocycles. The van der Waals surface area contributed by atoms with Crippen molar-refractivity contribution < 1.29 is 62.5 Å². The van der Waals surface area contributed by atoms with E-state index in [1.54, 1.807) is 67.5 Å². The zero-order valence-electron chi connectivity index (χ0n) is 51.9. The number of amides is 1. The standard InChI is InChI=1S/C23H22N4O4.C13H16N2O2.2C9H8N2O.C6H15N.CH3Cl.CH4.ClH/c1-27-13-15(16-7-3-5-9-20(16)27)11-18(22(28)30-2)26-23(29)31-21-10-6-4-8-17(21)19-12-24-14-25-19;1-15-8-9(7-11(14)13(16)17-2)10-5-3-4-6-12(10)15;2*12-9-4-2-1-3-7(9)8-5-10-6-11-8;1-4-7(5-2)6-3;1-2;;/h3-10,12-14,18H,11H2,1-2H3,(H,24,25)(H,26,29);3-6,8,11H,7,14H2,1-2H3;2*1-6,12H,(H,10,11);4-6H2,1-3H3;1H3;1H4;1H/t18-;11-;;;;;;/m11....../s1/i;;;;;1TD;1D;/hT. The number of quaternary nitrogens is 1. The number of methoxy groups -OCH3 is 2.